The summed E-state index contributed by atoms with van der Waals surface area (Å²) in [6, 6.07) is -2.86. The Hall–Kier alpha value is -4.76. The number of amides is 7. The quantitative estimate of drug-likeness (QED) is 0.143. The zero-order valence-corrected chi connectivity index (χ0v) is 31.6. The molecular formula is C35H48N8O11S. The number of para-hydroxylation sites is 1. The second kappa shape index (κ2) is 16.9. The van der Waals surface area contributed by atoms with Gasteiger partial charge in [0.1, 0.15) is 42.3 Å². The summed E-state index contributed by atoms with van der Waals surface area (Å²) in [6.07, 6.45) is -3.53. The van der Waals surface area contributed by atoms with Crippen LogP contribution in [0.5, 0.6) is 0 Å². The lowest BCUT2D eigenvalue weighted by Gasteiger charge is -2.31. The number of thioether (sulfide) groups is 1. The third kappa shape index (κ3) is 9.55. The van der Waals surface area contributed by atoms with E-state index in [4.69, 9.17) is 0 Å². The zero-order valence-electron chi connectivity index (χ0n) is 30.8. The number of hydrogen-bond donors (Lipinski definition) is 11. The molecule has 0 radical (unpaired) electrons. The van der Waals surface area contributed by atoms with Gasteiger partial charge in [-0.3, -0.25) is 33.6 Å². The standard InChI is InChI=1S/C35H48N8O11S/c1-15-27(47)38-22-10-20-19-7-5-6-8-21(19)41-33(20)55-13-24(34(53)43-12-18(46)9-25(43)31(51)37-15)40-32(52)26(17(3)45)42-28(48)16(2)36-30(50)23(39-29(22)49)11-35(4,54)14-44/h5-8,15-18,22-26,41,44-46,54H,9-14H2,1-4H3,(H,36,50)(H,37,51)(H,38,47)(H,39,49)(H,40,52)(H,42,48)/t15-,16+,17-,18+,22-,23-,24+,25-,26+,35+/m0/s1. The van der Waals surface area contributed by atoms with Crippen molar-refractivity contribution in [1.82, 2.24) is 41.8 Å². The lowest BCUT2D eigenvalue weighted by atomic mass is 9.96. The topological polar surface area (TPSA) is 292 Å². The molecule has 1 aromatic carbocycles. The Morgan fingerprint density at radius 2 is 1.49 bits per heavy atom. The van der Waals surface area contributed by atoms with Crippen LogP contribution >= 0.6 is 11.8 Å². The number of nitrogens with one attached hydrogen (secondary N) is 7. The Morgan fingerprint density at radius 3 is 2.16 bits per heavy atom. The molecule has 20 heteroatoms. The molecule has 3 aliphatic heterocycles. The van der Waals surface area contributed by atoms with Crippen LogP contribution in [0.1, 0.15) is 46.1 Å². The number of carbonyl (C=O) groups is 7. The summed E-state index contributed by atoms with van der Waals surface area (Å²) >= 11 is 1.08. The minimum Gasteiger partial charge on any atom is -0.393 e. The molecule has 1 saturated heterocycles. The number of fused-ring (bicyclic) bond motifs is 5. The first-order valence-electron chi connectivity index (χ1n) is 17.9. The maximum atomic E-state index is 14.3. The van der Waals surface area contributed by atoms with E-state index >= 15 is 0 Å². The highest BCUT2D eigenvalue weighted by Crippen LogP contribution is 2.32. The van der Waals surface area contributed by atoms with Crippen LogP contribution in [0.2, 0.25) is 0 Å². The van der Waals surface area contributed by atoms with Crippen molar-refractivity contribution in [3.05, 3.63) is 29.8 Å². The molecule has 0 spiro atoms. The predicted molar refractivity (Wildman–Crippen MR) is 196 cm³/mol. The van der Waals surface area contributed by atoms with Gasteiger partial charge in [-0.05, 0) is 39.3 Å². The number of hydrogen-bond acceptors (Lipinski definition) is 12. The minimum absolute atomic E-state index is 0.170. The van der Waals surface area contributed by atoms with Crippen molar-refractivity contribution in [3.63, 3.8) is 0 Å². The number of aliphatic hydroxyl groups is 4. The number of carbonyl (C=O) groups excluding carboxylic acids is 7. The number of nitrogens with zero attached hydrogens (tertiary/aromatic N) is 1. The van der Waals surface area contributed by atoms with Crippen LogP contribution in [0, 0.1) is 0 Å². The van der Waals surface area contributed by atoms with Crippen LogP contribution in [0.25, 0.3) is 10.9 Å². The van der Waals surface area contributed by atoms with Crippen LogP contribution in [-0.4, -0.2) is 151 Å². The van der Waals surface area contributed by atoms with Crippen molar-refractivity contribution in [2.45, 2.75) is 112 Å². The summed E-state index contributed by atoms with van der Waals surface area (Å²) in [4.78, 5) is 101. The summed E-state index contributed by atoms with van der Waals surface area (Å²) in [5.41, 5.74) is -0.741. The number of benzene rings is 1. The minimum atomic E-state index is -1.90. The predicted octanol–water partition coefficient (Wildman–Crippen LogP) is -3.75. The largest absolute Gasteiger partial charge is 0.393 e. The fourth-order valence-corrected chi connectivity index (χ4v) is 7.85. The van der Waals surface area contributed by atoms with Gasteiger partial charge in [-0.1, -0.05) is 18.2 Å². The van der Waals surface area contributed by atoms with Crippen LogP contribution in [0.15, 0.2) is 29.3 Å². The van der Waals surface area contributed by atoms with Gasteiger partial charge in [0.05, 0.1) is 29.4 Å². The molecule has 0 aliphatic carbocycles. The molecule has 300 valence electrons. The second-order valence-corrected chi connectivity index (χ2v) is 15.6. The van der Waals surface area contributed by atoms with Gasteiger partial charge in [0.25, 0.3) is 0 Å². The Bertz CT molecular complexity index is 1840. The molecule has 0 unspecified atom stereocenters. The smallest absolute Gasteiger partial charge is 0.246 e. The third-order valence-electron chi connectivity index (χ3n) is 9.87. The van der Waals surface area contributed by atoms with Crippen molar-refractivity contribution < 1.29 is 54.0 Å². The van der Waals surface area contributed by atoms with Crippen molar-refractivity contribution in [2.24, 2.45) is 0 Å². The van der Waals surface area contributed by atoms with Gasteiger partial charge in [0.2, 0.25) is 41.4 Å². The highest BCUT2D eigenvalue weighted by molar-refractivity contribution is 7.99. The molecule has 1 fully saturated rings. The van der Waals surface area contributed by atoms with E-state index in [0.29, 0.717) is 21.5 Å². The lowest BCUT2D eigenvalue weighted by Crippen LogP contribution is -2.61. The average molecular weight is 789 g/mol. The molecule has 2 bridgehead atoms. The molecule has 2 aromatic rings. The van der Waals surface area contributed by atoms with E-state index in [0.717, 1.165) is 16.7 Å². The van der Waals surface area contributed by atoms with Crippen LogP contribution < -0.4 is 31.9 Å². The number of aromatic amines is 1. The fourth-order valence-electron chi connectivity index (χ4n) is 6.74. The van der Waals surface area contributed by atoms with E-state index in [1.165, 1.54) is 27.7 Å². The van der Waals surface area contributed by atoms with E-state index < -0.39 is 114 Å². The summed E-state index contributed by atoms with van der Waals surface area (Å²) in [5.74, 6) is -6.26. The first-order valence-corrected chi connectivity index (χ1v) is 18.9. The van der Waals surface area contributed by atoms with Crippen molar-refractivity contribution in [1.29, 1.82) is 0 Å². The summed E-state index contributed by atoms with van der Waals surface area (Å²) < 4.78 is 0. The number of rotatable bonds is 4. The molecule has 4 heterocycles. The maximum absolute atomic E-state index is 14.3. The number of H-pyrrole nitrogens is 1. The molecule has 5 rings (SSSR count). The normalized spacial score (nSPS) is 30.8. The van der Waals surface area contributed by atoms with Crippen LogP contribution in [0.4, 0.5) is 0 Å². The molecule has 19 nitrogen and oxygen atoms in total. The molecule has 11 N–H and O–H groups in total. The monoisotopic (exact) mass is 788 g/mol. The van der Waals surface area contributed by atoms with E-state index in [1.807, 2.05) is 0 Å². The summed E-state index contributed by atoms with van der Waals surface area (Å²) in [6.45, 7) is 4.02. The molecule has 55 heavy (non-hydrogen) atoms. The SMILES string of the molecule is C[C@@H]1NC(=O)[C@@H]2C[C@@H](O)CN2C(=O)[C@H]2CSc3[nH]c4ccccc4c3C[C@H](NC1=O)C(=O)N[C@@H](C[C@@](C)(O)CO)C(=O)N[C@H](C)C(=O)N[C@H]([C@H](C)O)C(=O)N2. The van der Waals surface area contributed by atoms with Crippen LogP contribution in [0.3, 0.4) is 0 Å². The molecule has 3 aliphatic rings. The Morgan fingerprint density at radius 1 is 0.855 bits per heavy atom. The average Bonchev–Trinajstić information content (AvgIpc) is 3.69. The van der Waals surface area contributed by atoms with Gasteiger partial charge in [-0.25, -0.2) is 0 Å². The van der Waals surface area contributed by atoms with Gasteiger partial charge in [-0.2, -0.15) is 0 Å². The summed E-state index contributed by atoms with van der Waals surface area (Å²) in [5, 5.41) is 58.1. The van der Waals surface area contributed by atoms with Gasteiger partial charge in [0, 0.05) is 42.5 Å². The van der Waals surface area contributed by atoms with Crippen molar-refractivity contribution in [2.75, 3.05) is 18.9 Å². The highest BCUT2D eigenvalue weighted by atomic mass is 32.2. The van der Waals surface area contributed by atoms with Gasteiger partial charge in [-0.15, -0.1) is 11.8 Å². The van der Waals surface area contributed by atoms with E-state index in [9.17, 15) is 54.0 Å². The van der Waals surface area contributed by atoms with E-state index in [2.05, 4.69) is 36.9 Å². The van der Waals surface area contributed by atoms with Gasteiger partial charge in [0.15, 0.2) is 0 Å². The molecule has 10 atom stereocenters. The zero-order chi connectivity index (χ0) is 40.4. The Balaban J connectivity index is 1.69. The number of aliphatic hydroxyl groups excluding tert-OH is 3. The molecular weight excluding hydrogens is 740 g/mol. The first kappa shape index (κ1) is 41.4. The van der Waals surface area contributed by atoms with Gasteiger partial charge < -0.3 is 62.2 Å². The van der Waals surface area contributed by atoms with Crippen LogP contribution in [-0.2, 0) is 40.0 Å². The second-order valence-electron chi connectivity index (χ2n) is 14.6. The van der Waals surface area contributed by atoms with E-state index in [1.54, 1.807) is 24.3 Å². The lowest BCUT2D eigenvalue weighted by molar-refractivity contribution is -0.142. The molecule has 7 amide bonds. The Labute approximate surface area is 320 Å². The molecule has 1 aromatic heterocycles. The Kier molecular flexibility index (Phi) is 12.8. The van der Waals surface area contributed by atoms with Gasteiger partial charge >= 0.3 is 0 Å². The van der Waals surface area contributed by atoms with E-state index in [-0.39, 0.29) is 25.1 Å². The first-order chi connectivity index (χ1) is 25.9. The fraction of sp³-hybridized carbons (Fsp3) is 0.571. The van der Waals surface area contributed by atoms with Crippen molar-refractivity contribution >= 4 is 64.0 Å². The number of aromatic nitrogens is 1. The third-order valence-corrected chi connectivity index (χ3v) is 11.0. The molecule has 0 saturated carbocycles. The maximum Gasteiger partial charge on any atom is 0.246 e. The highest BCUT2D eigenvalue weighted by Gasteiger charge is 2.44. The summed E-state index contributed by atoms with van der Waals surface area (Å²) in [7, 11) is 0. The van der Waals surface area contributed by atoms with Crippen molar-refractivity contribution in [3.8, 4) is 0 Å².